The third-order valence-corrected chi connectivity index (χ3v) is 5.41. The summed E-state index contributed by atoms with van der Waals surface area (Å²) in [6.45, 7) is 2.19. The Morgan fingerprint density at radius 2 is 1.50 bits per heavy atom. The van der Waals surface area contributed by atoms with Crippen molar-refractivity contribution in [2.75, 3.05) is 7.05 Å². The molecule has 3 aromatic rings. The monoisotopic (exact) mass is 374 g/mol. The van der Waals surface area contributed by atoms with Crippen molar-refractivity contribution in [1.29, 1.82) is 0 Å². The zero-order valence-electron chi connectivity index (χ0n) is 16.0. The average Bonchev–Trinajstić information content (AvgIpc) is 3.04. The number of nitrogens with one attached hydrogen (secondary N) is 1. The van der Waals surface area contributed by atoms with Gasteiger partial charge in [-0.15, -0.1) is 0 Å². The fourth-order valence-corrected chi connectivity index (χ4v) is 3.70. The smallest absolute Gasteiger partial charge is 0.343 e. The Balaban J connectivity index is 1.60. The number of esters is 1. The fraction of sp³-hybridized carbons (Fsp3) is 0.208. The van der Waals surface area contributed by atoms with Crippen molar-refractivity contribution in [2.45, 2.75) is 25.3 Å². The van der Waals surface area contributed by atoms with Crippen LogP contribution in [-0.4, -0.2) is 19.1 Å². The average molecular weight is 374 g/mol. The third-order valence-electron chi connectivity index (χ3n) is 5.41. The molecule has 0 aromatic heterocycles. The van der Waals surface area contributed by atoms with Gasteiger partial charge in [0.15, 0.2) is 0 Å². The quantitative estimate of drug-likeness (QED) is 0.561. The van der Waals surface area contributed by atoms with Gasteiger partial charge in [-0.1, -0.05) is 60.7 Å². The first-order chi connectivity index (χ1) is 13.6. The van der Waals surface area contributed by atoms with Gasteiger partial charge in [0.05, 0.1) is 18.2 Å². The number of rotatable bonds is 4. The first-order valence-corrected chi connectivity index (χ1v) is 9.55. The molecule has 4 rings (SSSR count). The van der Waals surface area contributed by atoms with E-state index in [-0.39, 0.29) is 24.3 Å². The molecular weight excluding hydrogens is 350 g/mol. The first kappa shape index (κ1) is 18.4. The molecule has 4 nitrogen and oxygen atoms in total. The van der Waals surface area contributed by atoms with E-state index in [0.717, 1.165) is 11.1 Å². The van der Waals surface area contributed by atoms with E-state index in [1.165, 1.54) is 4.90 Å². The molecule has 0 aliphatic carbocycles. The number of carbonyl (C=O) groups excluding carboxylic acids is 1. The maximum Gasteiger partial charge on any atom is 0.343 e. The largest absolute Gasteiger partial charge is 0.422 e. The summed E-state index contributed by atoms with van der Waals surface area (Å²) in [6, 6.07) is 27.2. The highest BCUT2D eigenvalue weighted by Crippen LogP contribution is 2.34. The molecular formula is C24H24NO3+. The van der Waals surface area contributed by atoms with Crippen molar-refractivity contribution in [3.8, 4) is 5.75 Å². The highest BCUT2D eigenvalue weighted by molar-refractivity contribution is 5.91. The highest BCUT2D eigenvalue weighted by atomic mass is 16.5. The number of hydrogen-bond acceptors (Lipinski definition) is 3. The van der Waals surface area contributed by atoms with Gasteiger partial charge in [0.2, 0.25) is 6.23 Å². The molecule has 0 amide bonds. The van der Waals surface area contributed by atoms with Gasteiger partial charge in [0, 0.05) is 0 Å². The van der Waals surface area contributed by atoms with Gasteiger partial charge in [0.1, 0.15) is 17.9 Å². The van der Waals surface area contributed by atoms with Gasteiger partial charge in [0.25, 0.3) is 0 Å². The van der Waals surface area contributed by atoms with E-state index in [1.54, 1.807) is 12.1 Å². The molecule has 1 aliphatic heterocycles. The summed E-state index contributed by atoms with van der Waals surface area (Å²) in [5, 5.41) is 0. The van der Waals surface area contributed by atoms with Crippen molar-refractivity contribution in [1.82, 2.24) is 0 Å². The lowest BCUT2D eigenvalue weighted by atomic mass is 10.0. The normalized spacial score (nSPS) is 24.1. The zero-order valence-corrected chi connectivity index (χ0v) is 16.0. The van der Waals surface area contributed by atoms with Crippen LogP contribution in [0.1, 0.15) is 40.7 Å². The Kier molecular flexibility index (Phi) is 5.24. The van der Waals surface area contributed by atoms with Gasteiger partial charge in [-0.25, -0.2) is 4.79 Å². The van der Waals surface area contributed by atoms with Crippen LogP contribution in [0.4, 0.5) is 0 Å². The lowest BCUT2D eigenvalue weighted by molar-refractivity contribution is -0.933. The summed E-state index contributed by atoms with van der Waals surface area (Å²) in [7, 11) is 2.12. The summed E-state index contributed by atoms with van der Waals surface area (Å²) in [5.74, 6) is 0.179. The van der Waals surface area contributed by atoms with Gasteiger partial charge < -0.3 is 14.4 Å². The minimum atomic E-state index is -0.364. The molecule has 1 unspecified atom stereocenters. The molecule has 1 aliphatic rings. The van der Waals surface area contributed by atoms with Gasteiger partial charge in [-0.2, -0.15) is 0 Å². The summed E-state index contributed by atoms with van der Waals surface area (Å²) >= 11 is 0. The minimum absolute atomic E-state index is 0.0101. The number of hydrogen-bond donors (Lipinski definition) is 1. The van der Waals surface area contributed by atoms with Crippen LogP contribution in [0.2, 0.25) is 0 Å². The second-order valence-corrected chi connectivity index (χ2v) is 7.17. The van der Waals surface area contributed by atoms with Crippen molar-refractivity contribution in [3.05, 3.63) is 102 Å². The molecule has 0 spiro atoms. The predicted octanol–water partition coefficient (Wildman–Crippen LogP) is 3.58. The Hall–Kier alpha value is -2.95. The van der Waals surface area contributed by atoms with Crippen molar-refractivity contribution >= 4 is 5.97 Å². The summed E-state index contributed by atoms with van der Waals surface area (Å²) in [5.41, 5.74) is 2.58. The van der Waals surface area contributed by atoms with Crippen molar-refractivity contribution in [2.24, 2.45) is 0 Å². The van der Waals surface area contributed by atoms with E-state index in [1.807, 2.05) is 60.7 Å². The van der Waals surface area contributed by atoms with Crippen LogP contribution in [0.5, 0.6) is 5.75 Å². The molecule has 3 aromatic carbocycles. The number of ether oxygens (including phenoxy) is 2. The molecule has 1 N–H and O–H groups in total. The Morgan fingerprint density at radius 3 is 2.21 bits per heavy atom. The van der Waals surface area contributed by atoms with E-state index >= 15 is 0 Å². The first-order valence-electron chi connectivity index (χ1n) is 9.55. The van der Waals surface area contributed by atoms with Crippen molar-refractivity contribution in [3.63, 3.8) is 0 Å². The molecule has 0 bridgehead atoms. The second-order valence-electron chi connectivity index (χ2n) is 7.17. The Bertz CT molecular complexity index is 942. The Labute approximate surface area is 165 Å². The van der Waals surface area contributed by atoms with Crippen LogP contribution >= 0.6 is 0 Å². The van der Waals surface area contributed by atoms with E-state index in [4.69, 9.17) is 9.47 Å². The molecule has 1 heterocycles. The van der Waals surface area contributed by atoms with E-state index in [0.29, 0.717) is 11.3 Å². The maximum absolute atomic E-state index is 12.5. The van der Waals surface area contributed by atoms with Crippen LogP contribution in [0.3, 0.4) is 0 Å². The standard InChI is InChI=1S/C24H23NO3/c1-17-22(18-11-5-3-6-12-18)28-23(25(17)2)20-15-9-10-16-21(20)27-24(26)19-13-7-4-8-14-19/h3-17,22-23H,1-2H3/p+1/t17-,22-,23+/m0/s1. The van der Waals surface area contributed by atoms with Gasteiger partial charge in [-0.3, -0.25) is 0 Å². The molecule has 4 atom stereocenters. The van der Waals surface area contributed by atoms with Gasteiger partial charge >= 0.3 is 5.97 Å². The minimum Gasteiger partial charge on any atom is -0.422 e. The van der Waals surface area contributed by atoms with Gasteiger partial charge in [-0.05, 0) is 36.8 Å². The number of carbonyl (C=O) groups is 1. The van der Waals surface area contributed by atoms with Crippen LogP contribution in [0.15, 0.2) is 84.9 Å². The topological polar surface area (TPSA) is 40.0 Å². The SMILES string of the molecule is C[C@H]1[C@@H](c2ccccc2)O[C@H](c2ccccc2OC(=O)c2ccccc2)[NH+]1C. The lowest BCUT2D eigenvalue weighted by Crippen LogP contribution is -3.10. The molecule has 4 heteroatoms. The summed E-state index contributed by atoms with van der Waals surface area (Å²) in [4.78, 5) is 13.8. The van der Waals surface area contributed by atoms with Crippen molar-refractivity contribution < 1.29 is 19.2 Å². The molecule has 142 valence electrons. The summed E-state index contributed by atoms with van der Waals surface area (Å²) < 4.78 is 12.2. The number of para-hydroxylation sites is 1. The van der Waals surface area contributed by atoms with E-state index in [9.17, 15) is 4.79 Å². The predicted molar refractivity (Wildman–Crippen MR) is 107 cm³/mol. The number of quaternary nitrogens is 1. The van der Waals surface area contributed by atoms with Crippen LogP contribution in [0, 0.1) is 0 Å². The fourth-order valence-electron chi connectivity index (χ4n) is 3.70. The molecule has 1 saturated heterocycles. The maximum atomic E-state index is 12.5. The molecule has 1 fully saturated rings. The molecule has 0 radical (unpaired) electrons. The van der Waals surface area contributed by atoms with Crippen LogP contribution in [0.25, 0.3) is 0 Å². The highest BCUT2D eigenvalue weighted by Gasteiger charge is 2.44. The zero-order chi connectivity index (χ0) is 19.5. The lowest BCUT2D eigenvalue weighted by Gasteiger charge is -2.20. The van der Waals surface area contributed by atoms with E-state index in [2.05, 4.69) is 26.1 Å². The molecule has 0 saturated carbocycles. The Morgan fingerprint density at radius 1 is 0.893 bits per heavy atom. The summed E-state index contributed by atoms with van der Waals surface area (Å²) in [6.07, 6.45) is -0.218. The molecule has 28 heavy (non-hydrogen) atoms. The second kappa shape index (κ2) is 7.97. The van der Waals surface area contributed by atoms with Crippen LogP contribution in [-0.2, 0) is 4.74 Å². The number of likely N-dealkylation sites (N-methyl/N-ethyl adjacent to an activating group) is 1. The van der Waals surface area contributed by atoms with Crippen LogP contribution < -0.4 is 9.64 Å². The third kappa shape index (κ3) is 3.57. The van der Waals surface area contributed by atoms with E-state index < -0.39 is 0 Å². The number of benzene rings is 3.